The van der Waals surface area contributed by atoms with Gasteiger partial charge in [-0.25, -0.2) is 19.2 Å². The van der Waals surface area contributed by atoms with E-state index < -0.39 is 47.0 Å². The molecule has 2 aliphatic rings. The van der Waals surface area contributed by atoms with Gasteiger partial charge in [-0.1, -0.05) is 59.8 Å². The minimum absolute atomic E-state index is 0.0965. The minimum atomic E-state index is -1.10. The first-order chi connectivity index (χ1) is 18.6. The average molecular weight is 565 g/mol. The fraction of sp³-hybridized carbons (Fsp3) is 0.733. The number of carboxylic acids is 2. The third-order valence-corrected chi connectivity index (χ3v) is 7.51. The summed E-state index contributed by atoms with van der Waals surface area (Å²) in [5.74, 6) is -1.63. The van der Waals surface area contributed by atoms with Crippen LogP contribution in [0.4, 0.5) is 9.59 Å². The van der Waals surface area contributed by atoms with E-state index in [2.05, 4.69) is 29.4 Å². The number of alkyl carbamates (subject to hydrolysis) is 2. The molecule has 2 rings (SSSR count). The monoisotopic (exact) mass is 564 g/mol. The van der Waals surface area contributed by atoms with E-state index in [9.17, 15) is 29.4 Å². The Hall–Kier alpha value is -3.04. The van der Waals surface area contributed by atoms with Crippen LogP contribution >= 0.6 is 0 Å². The van der Waals surface area contributed by atoms with Crippen molar-refractivity contribution in [2.24, 2.45) is 28.6 Å². The lowest BCUT2D eigenvalue weighted by Crippen LogP contribution is -2.49. The second-order valence-corrected chi connectivity index (χ2v) is 13.2. The highest BCUT2D eigenvalue weighted by Crippen LogP contribution is 2.47. The fourth-order valence-electron chi connectivity index (χ4n) is 4.92. The number of nitrogens with one attached hydrogen (secondary N) is 2. The molecule has 2 amide bonds. The molecule has 0 saturated heterocycles. The first-order valence-corrected chi connectivity index (χ1v) is 14.2. The van der Waals surface area contributed by atoms with Crippen LogP contribution in [0.1, 0.15) is 86.5 Å². The second kappa shape index (κ2) is 14.0. The minimum Gasteiger partial charge on any atom is -0.480 e. The van der Waals surface area contributed by atoms with Crippen molar-refractivity contribution in [3.8, 4) is 0 Å². The van der Waals surface area contributed by atoms with Crippen LogP contribution in [0.5, 0.6) is 0 Å². The van der Waals surface area contributed by atoms with Crippen LogP contribution in [0.3, 0.4) is 0 Å². The molecule has 10 heteroatoms. The maximum Gasteiger partial charge on any atom is 0.408 e. The fourth-order valence-corrected chi connectivity index (χ4v) is 4.92. The maximum atomic E-state index is 12.5. The highest BCUT2D eigenvalue weighted by Gasteiger charge is 2.51. The van der Waals surface area contributed by atoms with Gasteiger partial charge in [-0.3, -0.25) is 0 Å². The number of carbonyl (C=O) groups is 4. The molecule has 0 spiro atoms. The van der Waals surface area contributed by atoms with Gasteiger partial charge in [-0.15, -0.1) is 6.58 Å². The number of aliphatic carboxylic acids is 2. The number of unbranched alkanes of at least 4 members (excludes halogenated alkanes) is 2. The van der Waals surface area contributed by atoms with Crippen molar-refractivity contribution in [3.63, 3.8) is 0 Å². The molecule has 40 heavy (non-hydrogen) atoms. The van der Waals surface area contributed by atoms with Crippen molar-refractivity contribution in [2.45, 2.75) is 111 Å². The third-order valence-electron chi connectivity index (χ3n) is 7.51. The molecule has 7 atom stereocenters. The van der Waals surface area contributed by atoms with E-state index in [-0.39, 0.29) is 30.0 Å². The van der Waals surface area contributed by atoms with Gasteiger partial charge < -0.3 is 30.3 Å². The number of carbonyl (C=O) groups excluding carboxylic acids is 2. The predicted octanol–water partition coefficient (Wildman–Crippen LogP) is 5.52. The first kappa shape index (κ1) is 33.2. The smallest absolute Gasteiger partial charge is 0.408 e. The topological polar surface area (TPSA) is 151 Å². The van der Waals surface area contributed by atoms with E-state index in [0.29, 0.717) is 0 Å². The zero-order chi connectivity index (χ0) is 30.3. The SMILES string of the molecule is C=CCCC[C@H]1C(/C=C/CCC[C@@H]2C[C@H]2OC(=O)N[C@H](C(=O)O)C(C)(C)C)[C@@H]1OC(=O)N[C@H](C(=O)O)C(C)(C)C. The lowest BCUT2D eigenvalue weighted by atomic mass is 9.87. The molecular weight excluding hydrogens is 516 g/mol. The van der Waals surface area contributed by atoms with E-state index in [1.807, 2.05) is 6.08 Å². The summed E-state index contributed by atoms with van der Waals surface area (Å²) < 4.78 is 11.0. The van der Waals surface area contributed by atoms with Gasteiger partial charge in [0.15, 0.2) is 0 Å². The molecule has 0 heterocycles. The molecule has 4 N–H and O–H groups in total. The highest BCUT2D eigenvalue weighted by molar-refractivity contribution is 5.81. The van der Waals surface area contributed by atoms with Crippen molar-refractivity contribution in [2.75, 3.05) is 0 Å². The summed E-state index contributed by atoms with van der Waals surface area (Å²) in [6.07, 6.45) is 10.3. The van der Waals surface area contributed by atoms with E-state index in [4.69, 9.17) is 9.47 Å². The van der Waals surface area contributed by atoms with Crippen molar-refractivity contribution in [1.82, 2.24) is 10.6 Å². The van der Waals surface area contributed by atoms with Crippen molar-refractivity contribution >= 4 is 24.1 Å². The Bertz CT molecular complexity index is 948. The molecule has 0 bridgehead atoms. The van der Waals surface area contributed by atoms with Gasteiger partial charge >= 0.3 is 24.1 Å². The van der Waals surface area contributed by atoms with Crippen LogP contribution < -0.4 is 10.6 Å². The van der Waals surface area contributed by atoms with Gasteiger partial charge in [0.05, 0.1) is 0 Å². The number of amides is 2. The molecule has 2 saturated carbocycles. The molecule has 226 valence electrons. The summed E-state index contributed by atoms with van der Waals surface area (Å²) >= 11 is 0. The Kier molecular flexibility index (Phi) is 11.6. The summed E-state index contributed by atoms with van der Waals surface area (Å²) in [6, 6.07) is -2.08. The first-order valence-electron chi connectivity index (χ1n) is 14.2. The zero-order valence-corrected chi connectivity index (χ0v) is 24.8. The number of ether oxygens (including phenoxy) is 2. The lowest BCUT2D eigenvalue weighted by Gasteiger charge is -2.27. The van der Waals surface area contributed by atoms with E-state index >= 15 is 0 Å². The molecular formula is C30H48N2O8. The van der Waals surface area contributed by atoms with Gasteiger partial charge in [0.1, 0.15) is 24.3 Å². The van der Waals surface area contributed by atoms with Crippen LogP contribution in [0.15, 0.2) is 24.8 Å². The zero-order valence-electron chi connectivity index (χ0n) is 24.8. The normalized spacial score (nSPS) is 25.4. The van der Waals surface area contributed by atoms with E-state index in [1.54, 1.807) is 41.5 Å². The molecule has 1 unspecified atom stereocenters. The molecule has 10 nitrogen and oxygen atoms in total. The van der Waals surface area contributed by atoms with Crippen LogP contribution in [-0.2, 0) is 19.1 Å². The van der Waals surface area contributed by atoms with E-state index in [1.165, 1.54) is 0 Å². The summed E-state index contributed by atoms with van der Waals surface area (Å²) in [5, 5.41) is 23.8. The Morgan fingerprint density at radius 2 is 1.40 bits per heavy atom. The molecule has 0 aromatic carbocycles. The van der Waals surface area contributed by atoms with Crippen LogP contribution in [0, 0.1) is 28.6 Å². The van der Waals surface area contributed by atoms with Crippen LogP contribution in [-0.4, -0.2) is 58.6 Å². The van der Waals surface area contributed by atoms with Crippen molar-refractivity contribution in [1.29, 1.82) is 0 Å². The highest BCUT2D eigenvalue weighted by atomic mass is 16.6. The number of hydrogen-bond donors (Lipinski definition) is 4. The lowest BCUT2D eigenvalue weighted by molar-refractivity contribution is -0.143. The molecule has 2 fully saturated rings. The molecule has 0 aliphatic heterocycles. The summed E-state index contributed by atoms with van der Waals surface area (Å²) in [6.45, 7) is 14.2. The summed E-state index contributed by atoms with van der Waals surface area (Å²) in [7, 11) is 0. The molecule has 0 radical (unpaired) electrons. The van der Waals surface area contributed by atoms with Gasteiger partial charge in [0.25, 0.3) is 0 Å². The number of rotatable bonds is 15. The van der Waals surface area contributed by atoms with Gasteiger partial charge in [0, 0.05) is 11.8 Å². The van der Waals surface area contributed by atoms with Gasteiger partial charge in [-0.05, 0) is 61.7 Å². The van der Waals surface area contributed by atoms with Gasteiger partial charge in [0.2, 0.25) is 0 Å². The Labute approximate surface area is 237 Å². The number of allylic oxidation sites excluding steroid dienone is 2. The summed E-state index contributed by atoms with van der Waals surface area (Å²) in [4.78, 5) is 47.6. The Morgan fingerprint density at radius 1 is 0.875 bits per heavy atom. The average Bonchev–Trinajstić information content (AvgIpc) is 3.71. The summed E-state index contributed by atoms with van der Waals surface area (Å²) in [5.41, 5.74) is -1.28. The second-order valence-electron chi connectivity index (χ2n) is 13.2. The molecule has 0 aromatic heterocycles. The molecule has 2 aliphatic carbocycles. The molecule has 0 aromatic rings. The van der Waals surface area contributed by atoms with Crippen LogP contribution in [0.25, 0.3) is 0 Å². The quantitative estimate of drug-likeness (QED) is 0.150. The largest absolute Gasteiger partial charge is 0.480 e. The van der Waals surface area contributed by atoms with Crippen molar-refractivity contribution in [3.05, 3.63) is 24.8 Å². The van der Waals surface area contributed by atoms with E-state index in [0.717, 1.165) is 44.9 Å². The standard InChI is InChI=1S/C30H48N2O8/c1-8-9-11-15-19-20(22(19)40-28(38)32-24(26(35)36)30(5,6)7)16-13-10-12-14-18-17-21(18)39-27(37)31-23(25(33)34)29(2,3)4/h8,13,16,18-24H,1,9-12,14-15,17H2,2-7H3,(H,31,37)(H,32,38)(H,33,34)(H,35,36)/b16-13+/t18-,19+,20?,21-,22-,23-,24-/m1/s1. The number of carboxylic acid groups (broad SMARTS) is 2. The Balaban J connectivity index is 1.76. The number of hydrogen-bond acceptors (Lipinski definition) is 6. The predicted molar refractivity (Wildman–Crippen MR) is 151 cm³/mol. The van der Waals surface area contributed by atoms with Gasteiger partial charge in [-0.2, -0.15) is 0 Å². The maximum absolute atomic E-state index is 12.5. The third kappa shape index (κ3) is 10.5. The van der Waals surface area contributed by atoms with Crippen molar-refractivity contribution < 1.29 is 38.9 Å². The Morgan fingerprint density at radius 3 is 1.90 bits per heavy atom. The van der Waals surface area contributed by atoms with Crippen LogP contribution in [0.2, 0.25) is 0 Å².